The van der Waals surface area contributed by atoms with Gasteiger partial charge < -0.3 is 15.3 Å². The number of thioether (sulfide) groups is 1. The topological polar surface area (TPSA) is 93.0 Å². The van der Waals surface area contributed by atoms with Gasteiger partial charge in [-0.3, -0.25) is 20.0 Å². The minimum atomic E-state index is -1.22. The van der Waals surface area contributed by atoms with Crippen LogP contribution in [0.25, 0.3) is 33.2 Å². The summed E-state index contributed by atoms with van der Waals surface area (Å²) in [6, 6.07) is 55.6. The highest BCUT2D eigenvalue weighted by atomic mass is 32.2. The zero-order chi connectivity index (χ0) is 43.7. The molecule has 316 valence electrons. The smallest absolute Gasteiger partial charge is 0.178 e. The van der Waals surface area contributed by atoms with Crippen molar-refractivity contribution < 1.29 is 8.78 Å². The van der Waals surface area contributed by atoms with Crippen LogP contribution in [0.1, 0.15) is 22.3 Å². The van der Waals surface area contributed by atoms with E-state index in [0.29, 0.717) is 57.5 Å². The van der Waals surface area contributed by atoms with E-state index < -0.39 is 11.0 Å². The van der Waals surface area contributed by atoms with Crippen LogP contribution in [0.3, 0.4) is 0 Å². The minimum Gasteiger partial charge on any atom is -0.361 e. The number of aliphatic imine (C=N–C) groups is 2. The predicted octanol–water partition coefficient (Wildman–Crippen LogP) is 9.44. The second kappa shape index (κ2) is 17.1. The van der Waals surface area contributed by atoms with Gasteiger partial charge in [0.2, 0.25) is 0 Å². The van der Waals surface area contributed by atoms with Gasteiger partial charge in [0, 0.05) is 80.0 Å². The van der Waals surface area contributed by atoms with E-state index in [0.717, 1.165) is 54.8 Å². The maximum atomic E-state index is 16.1. The van der Waals surface area contributed by atoms with Gasteiger partial charge >= 0.3 is 0 Å². The summed E-state index contributed by atoms with van der Waals surface area (Å²) in [6.07, 6.45) is 4.87. The number of benzene rings is 7. The maximum Gasteiger partial charge on any atom is 0.178 e. The van der Waals surface area contributed by atoms with Gasteiger partial charge in [0.25, 0.3) is 0 Å². The second-order valence-corrected chi connectivity index (χ2v) is 17.2. The molecule has 11 rings (SSSR count). The van der Waals surface area contributed by atoms with E-state index in [1.54, 1.807) is 36.0 Å². The molecule has 7 aromatic carbocycles. The number of anilines is 1. The van der Waals surface area contributed by atoms with E-state index in [4.69, 9.17) is 20.0 Å². The van der Waals surface area contributed by atoms with E-state index in [1.807, 2.05) is 128 Å². The van der Waals surface area contributed by atoms with Crippen molar-refractivity contribution >= 4 is 62.1 Å². The quantitative estimate of drug-likeness (QED) is 0.121. The van der Waals surface area contributed by atoms with Crippen molar-refractivity contribution in [3.8, 4) is 0 Å². The van der Waals surface area contributed by atoms with E-state index in [-0.39, 0.29) is 11.6 Å². The zero-order valence-electron chi connectivity index (χ0n) is 35.0. The molecule has 10 heteroatoms. The monoisotopic (exact) mass is 869 g/mol. The number of para-hydroxylation sites is 5. The number of aromatic amines is 2. The summed E-state index contributed by atoms with van der Waals surface area (Å²) in [5.41, 5.74) is 6.96. The van der Waals surface area contributed by atoms with Crippen LogP contribution in [0.2, 0.25) is 0 Å². The van der Waals surface area contributed by atoms with Crippen molar-refractivity contribution in [2.24, 2.45) is 20.0 Å². The van der Waals surface area contributed by atoms with E-state index in [1.165, 1.54) is 12.1 Å². The summed E-state index contributed by atoms with van der Waals surface area (Å²) in [4.78, 5) is 29.1. The van der Waals surface area contributed by atoms with Gasteiger partial charge in [-0.25, -0.2) is 8.78 Å². The molecule has 2 unspecified atom stereocenters. The Kier molecular flexibility index (Phi) is 10.6. The molecule has 0 radical (unpaired) electrons. The van der Waals surface area contributed by atoms with Crippen LogP contribution in [0.5, 0.6) is 0 Å². The summed E-state index contributed by atoms with van der Waals surface area (Å²) < 4.78 is 32.0. The Labute approximate surface area is 377 Å². The fourth-order valence-corrected chi connectivity index (χ4v) is 10.1. The molecule has 0 bridgehead atoms. The second-order valence-electron chi connectivity index (χ2n) is 16.2. The van der Waals surface area contributed by atoms with Gasteiger partial charge in [-0.1, -0.05) is 115 Å². The SMILES string of the molecule is Fc1ccccc1C1=c2ccccc2=NC(SCC2(Nc3ccccc3)N=c3ccccc3=C(c3ccccc3F)N=C2Cc2c[nH]c3ccccc23)C(Cc2c[nH]c3ccccc23)=N1. The molecule has 0 aliphatic carbocycles. The van der Waals surface area contributed by atoms with Crippen molar-refractivity contribution in [2.45, 2.75) is 23.9 Å². The molecule has 7 nitrogen and oxygen atoms in total. The molecule has 0 fully saturated rings. The summed E-state index contributed by atoms with van der Waals surface area (Å²) in [6.45, 7) is 0. The first-order chi connectivity index (χ1) is 32.0. The first-order valence-electron chi connectivity index (χ1n) is 21.6. The molecule has 2 aliphatic rings. The Morgan fingerprint density at radius 3 is 1.72 bits per heavy atom. The van der Waals surface area contributed by atoms with Crippen molar-refractivity contribution in [3.63, 3.8) is 0 Å². The summed E-state index contributed by atoms with van der Waals surface area (Å²) in [7, 11) is 0. The number of rotatable bonds is 11. The van der Waals surface area contributed by atoms with Gasteiger partial charge in [-0.2, -0.15) is 0 Å². The Bertz CT molecular complexity index is 3600. The maximum absolute atomic E-state index is 16.1. The molecule has 2 aliphatic heterocycles. The van der Waals surface area contributed by atoms with Crippen molar-refractivity contribution in [1.29, 1.82) is 0 Å². The fraction of sp³-hybridized carbons (Fsp3) is 0.0909. The summed E-state index contributed by atoms with van der Waals surface area (Å²) in [5.74, 6) is -0.415. The van der Waals surface area contributed by atoms with Gasteiger partial charge in [0.15, 0.2) is 5.66 Å². The van der Waals surface area contributed by atoms with E-state index >= 15 is 8.78 Å². The van der Waals surface area contributed by atoms with Gasteiger partial charge in [0.05, 0.1) is 33.5 Å². The lowest BCUT2D eigenvalue weighted by Gasteiger charge is -2.34. The number of hydrogen-bond donors (Lipinski definition) is 3. The molecule has 65 heavy (non-hydrogen) atoms. The minimum absolute atomic E-state index is 0.320. The summed E-state index contributed by atoms with van der Waals surface area (Å²) in [5, 5.41) is 8.31. The van der Waals surface area contributed by atoms with Crippen LogP contribution in [-0.2, 0) is 12.8 Å². The molecule has 2 atom stereocenters. The number of halogens is 2. The first-order valence-corrected chi connectivity index (χ1v) is 22.6. The van der Waals surface area contributed by atoms with Gasteiger partial charge in [-0.15, -0.1) is 11.8 Å². The molecule has 0 amide bonds. The van der Waals surface area contributed by atoms with Crippen LogP contribution < -0.4 is 26.5 Å². The van der Waals surface area contributed by atoms with E-state index in [9.17, 15) is 0 Å². The van der Waals surface area contributed by atoms with Crippen LogP contribution in [0.15, 0.2) is 208 Å². The Hall–Kier alpha value is -7.69. The standard InChI is InChI=1S/C55H41F2N7S/c56-44-24-10-4-20-40(44)52-42-22-8-14-28-48(42)61-54(50(60-52)30-35-32-58-46-26-12-6-18-38(35)46)65-34-55(63-37-16-2-1-3-17-37)51(31-36-33-59-47-27-13-7-19-39(36)47)62-53(41-21-5-11-25-45(41)57)43-23-9-15-29-49(43)64-55/h1-29,32-33,54,58-59,63H,30-31,34H2. The van der Waals surface area contributed by atoms with Crippen LogP contribution in [-0.4, -0.2) is 38.2 Å². The first kappa shape index (κ1) is 40.1. The lowest BCUT2D eigenvalue weighted by atomic mass is 9.97. The number of nitrogens with zero attached hydrogens (tertiary/aromatic N) is 4. The molecule has 0 saturated carbocycles. The number of aromatic nitrogens is 2. The number of fused-ring (bicyclic) bond motifs is 4. The Balaban J connectivity index is 1.12. The molecule has 3 N–H and O–H groups in total. The molecule has 2 aromatic heterocycles. The predicted molar refractivity (Wildman–Crippen MR) is 260 cm³/mol. The number of nitrogens with one attached hydrogen (secondary N) is 3. The average molecular weight is 870 g/mol. The van der Waals surface area contributed by atoms with Crippen LogP contribution in [0.4, 0.5) is 14.5 Å². The highest BCUT2D eigenvalue weighted by Crippen LogP contribution is 2.34. The third-order valence-corrected chi connectivity index (χ3v) is 13.3. The molecule has 9 aromatic rings. The van der Waals surface area contributed by atoms with Crippen LogP contribution in [0, 0.1) is 11.6 Å². The third-order valence-electron chi connectivity index (χ3n) is 12.1. The lowest BCUT2D eigenvalue weighted by Crippen LogP contribution is -2.50. The highest BCUT2D eigenvalue weighted by molar-refractivity contribution is 8.00. The lowest BCUT2D eigenvalue weighted by molar-refractivity contribution is 0.623. The van der Waals surface area contributed by atoms with Gasteiger partial charge in [-0.05, 0) is 71.8 Å². The van der Waals surface area contributed by atoms with Crippen LogP contribution >= 0.6 is 11.8 Å². The molecule has 4 heterocycles. The summed E-state index contributed by atoms with van der Waals surface area (Å²) >= 11 is 1.60. The largest absolute Gasteiger partial charge is 0.361 e. The normalized spacial score (nSPS) is 17.0. The molecular formula is C55H41F2N7S. The van der Waals surface area contributed by atoms with Crippen molar-refractivity contribution in [3.05, 3.63) is 243 Å². The molecule has 0 spiro atoms. The van der Waals surface area contributed by atoms with Gasteiger partial charge in [0.1, 0.15) is 17.0 Å². The number of hydrogen-bond acceptors (Lipinski definition) is 6. The van der Waals surface area contributed by atoms with Crippen molar-refractivity contribution in [1.82, 2.24) is 9.97 Å². The Morgan fingerprint density at radius 2 is 1.06 bits per heavy atom. The van der Waals surface area contributed by atoms with Crippen molar-refractivity contribution in [2.75, 3.05) is 11.1 Å². The Morgan fingerprint density at radius 1 is 0.538 bits per heavy atom. The molecular weight excluding hydrogens is 829 g/mol. The number of H-pyrrole nitrogens is 2. The highest BCUT2D eigenvalue weighted by Gasteiger charge is 2.39. The zero-order valence-corrected chi connectivity index (χ0v) is 35.9. The third kappa shape index (κ3) is 7.76. The fourth-order valence-electron chi connectivity index (χ4n) is 8.88. The average Bonchev–Trinajstić information content (AvgIpc) is 3.87. The molecule has 0 saturated heterocycles. The van der Waals surface area contributed by atoms with E-state index in [2.05, 4.69) is 39.6 Å².